The first-order chi connectivity index (χ1) is 50.8. The average Bonchev–Trinajstić information content (AvgIpc) is 0.769. The summed E-state index contributed by atoms with van der Waals surface area (Å²) in [5, 5.41) is 0. The van der Waals surface area contributed by atoms with Crippen LogP contribution in [-0.4, -0.2) is 111 Å². The highest BCUT2D eigenvalue weighted by Gasteiger charge is 2.51. The molecule has 0 radical (unpaired) electrons. The summed E-state index contributed by atoms with van der Waals surface area (Å²) in [6, 6.07) is 70.8. The molecule has 16 nitrogen and oxygen atoms in total. The first-order valence-electron chi connectivity index (χ1n) is 36.7. The second-order valence-corrected chi connectivity index (χ2v) is 29.0. The van der Waals surface area contributed by atoms with E-state index in [0.717, 1.165) is 89.0 Å². The molecule has 0 atom stereocenters. The third kappa shape index (κ3) is 15.5. The lowest BCUT2D eigenvalue weighted by atomic mass is 9.69. The lowest BCUT2D eigenvalue weighted by Gasteiger charge is -2.46. The Bertz CT molecular complexity index is 3170. The van der Waals surface area contributed by atoms with Crippen LogP contribution < -0.4 is 0 Å². The van der Waals surface area contributed by atoms with E-state index in [1.807, 2.05) is 0 Å². The van der Waals surface area contributed by atoms with Gasteiger partial charge in [-0.15, -0.1) is 0 Å². The standard InChI is InChI=1S/C88H104O16/c1-89-57-97-81-41-43-82(44-42-81,98-58-90-2)74-27-11-67(12-28-74)68-15-31-76(32-16-68)85(101-61-93-5)49-51-86(52-50-85,102-62-94-6)78-35-19-71(20-36-78)72-23-39-80(40-24-72)88(104-64-96-8)55-53-87(54-56-88,103-63-95-7)79-37-21-70(22-38-79)69-17-33-77(34-18-69)84(100-60-92-4)47-45-83(46-48-84,99-59-91-3)75-29-13-66(14-30-75)65-9-25-73(81)26-10-65/h9-40H,41-64H2,1-8H3. The van der Waals surface area contributed by atoms with Crippen molar-refractivity contribution in [3.05, 3.63) is 239 Å². The molecule has 8 aromatic rings. The molecule has 0 spiro atoms. The third-order valence-electron chi connectivity index (χ3n) is 23.7. The van der Waals surface area contributed by atoms with Crippen LogP contribution in [0.1, 0.15) is 147 Å². The normalized spacial score (nSPS) is 26.7. The van der Waals surface area contributed by atoms with Gasteiger partial charge in [0.2, 0.25) is 0 Å². The molecule has 0 heterocycles. The molecular formula is C88H104O16. The number of hydrogen-bond acceptors (Lipinski definition) is 16. The number of ether oxygens (including phenoxy) is 16. The van der Waals surface area contributed by atoms with Crippen LogP contribution in [0.25, 0.3) is 44.5 Å². The van der Waals surface area contributed by atoms with E-state index >= 15 is 0 Å². The van der Waals surface area contributed by atoms with Crippen molar-refractivity contribution >= 4 is 0 Å². The van der Waals surface area contributed by atoms with Crippen LogP contribution in [0.5, 0.6) is 0 Å². The van der Waals surface area contributed by atoms with Crippen molar-refractivity contribution < 1.29 is 75.8 Å². The Balaban J connectivity index is 0.824. The summed E-state index contributed by atoms with van der Waals surface area (Å²) in [6.45, 7) is 1.28. The molecule has 16 heteroatoms. The Morgan fingerprint density at radius 2 is 0.240 bits per heavy atom. The molecule has 0 saturated heterocycles. The molecule has 0 aromatic heterocycles. The van der Waals surface area contributed by atoms with Crippen LogP contribution in [0.2, 0.25) is 0 Å². The quantitative estimate of drug-likeness (QED) is 0.0528. The Morgan fingerprint density at radius 3 is 0.317 bits per heavy atom. The minimum absolute atomic E-state index is 0.160. The fraction of sp³-hybridized carbons (Fsp3) is 0.455. The summed E-state index contributed by atoms with van der Waals surface area (Å²) in [5.41, 5.74) is 12.8. The van der Waals surface area contributed by atoms with E-state index < -0.39 is 44.8 Å². The number of benzene rings is 8. The van der Waals surface area contributed by atoms with Gasteiger partial charge in [0, 0.05) is 56.9 Å². The van der Waals surface area contributed by atoms with E-state index in [0.29, 0.717) is 103 Å². The zero-order chi connectivity index (χ0) is 72.1. The van der Waals surface area contributed by atoms with Gasteiger partial charge in [-0.3, -0.25) is 0 Å². The Kier molecular flexibility index (Phi) is 24.3. The summed E-state index contributed by atoms with van der Waals surface area (Å²) in [6.07, 6.45) is 11.2. The van der Waals surface area contributed by atoms with Crippen molar-refractivity contribution in [2.24, 2.45) is 0 Å². The lowest BCUT2D eigenvalue weighted by Crippen LogP contribution is -2.43. The van der Waals surface area contributed by atoms with Crippen LogP contribution in [0.4, 0.5) is 0 Å². The first kappa shape index (κ1) is 75.4. The molecule has 23 aliphatic carbocycles. The number of hydrogen-bond donors (Lipinski definition) is 0. The van der Waals surface area contributed by atoms with Gasteiger partial charge in [0.05, 0.1) is 44.8 Å². The van der Waals surface area contributed by atoms with Crippen molar-refractivity contribution in [3.8, 4) is 44.5 Å². The van der Waals surface area contributed by atoms with Gasteiger partial charge in [0.15, 0.2) is 0 Å². The predicted octanol–water partition coefficient (Wildman–Crippen LogP) is 18.3. The largest absolute Gasteiger partial charge is 0.359 e. The summed E-state index contributed by atoms with van der Waals surface area (Å²) in [4.78, 5) is 0. The molecule has 0 aliphatic heterocycles. The highest BCUT2D eigenvalue weighted by atomic mass is 16.7. The fourth-order valence-corrected chi connectivity index (χ4v) is 17.5. The topological polar surface area (TPSA) is 148 Å². The number of methoxy groups -OCH3 is 8. The SMILES string of the molecule is COCOC12CCC(OCOC)(CC1)c1ccc(cc1)-c1ccc(cc1)C1(OCOC)CCC(OCOC)(CC1)c1ccc(cc1)-c1ccc(cc1)C1(OCOC)CCC(OCOC)(CC1)c1ccc(cc1)-c1ccc(cc1)C1(OCOC)CCC(OCOC)(CC1)c1ccc(cc1)-c1ccc2cc1. The predicted molar refractivity (Wildman–Crippen MR) is 398 cm³/mol. The Morgan fingerprint density at radius 1 is 0.154 bits per heavy atom. The Labute approximate surface area is 614 Å². The molecule has 31 rings (SSSR count). The lowest BCUT2D eigenvalue weighted by molar-refractivity contribution is -0.203. The van der Waals surface area contributed by atoms with Gasteiger partial charge in [-0.25, -0.2) is 0 Å². The van der Waals surface area contributed by atoms with Crippen LogP contribution in [-0.2, 0) is 121 Å². The minimum Gasteiger partial charge on any atom is -0.359 e. The monoisotopic (exact) mass is 1420 g/mol. The molecule has 4 saturated carbocycles. The van der Waals surface area contributed by atoms with Gasteiger partial charge < -0.3 is 75.8 Å². The van der Waals surface area contributed by atoms with E-state index in [-0.39, 0.29) is 54.3 Å². The highest BCUT2D eigenvalue weighted by molar-refractivity contribution is 5.68. The zero-order valence-corrected chi connectivity index (χ0v) is 62.0. The van der Waals surface area contributed by atoms with Gasteiger partial charge in [-0.05, 0) is 192 Å². The molecule has 4 fully saturated rings. The van der Waals surface area contributed by atoms with E-state index in [9.17, 15) is 0 Å². The molecule has 24 bridgehead atoms. The maximum absolute atomic E-state index is 6.78. The van der Waals surface area contributed by atoms with E-state index in [2.05, 4.69) is 194 Å². The van der Waals surface area contributed by atoms with Gasteiger partial charge in [-0.2, -0.15) is 0 Å². The molecule has 0 N–H and O–H groups in total. The van der Waals surface area contributed by atoms with E-state index in [1.54, 1.807) is 56.9 Å². The van der Waals surface area contributed by atoms with Crippen molar-refractivity contribution in [2.45, 2.75) is 148 Å². The molecule has 23 aliphatic rings. The van der Waals surface area contributed by atoms with E-state index in [4.69, 9.17) is 75.8 Å². The smallest absolute Gasteiger partial charge is 0.147 e. The molecule has 104 heavy (non-hydrogen) atoms. The molecule has 0 amide bonds. The molecule has 552 valence electrons. The van der Waals surface area contributed by atoms with Crippen molar-refractivity contribution in [1.29, 1.82) is 0 Å². The second kappa shape index (κ2) is 33.5. The van der Waals surface area contributed by atoms with Crippen molar-refractivity contribution in [2.75, 3.05) is 111 Å². The summed E-state index contributed by atoms with van der Waals surface area (Å²) >= 11 is 0. The van der Waals surface area contributed by atoms with Crippen LogP contribution in [0, 0.1) is 0 Å². The van der Waals surface area contributed by atoms with Crippen molar-refractivity contribution in [1.82, 2.24) is 0 Å². The second-order valence-electron chi connectivity index (χ2n) is 29.0. The number of rotatable bonds is 24. The summed E-state index contributed by atoms with van der Waals surface area (Å²) < 4.78 is 99.2. The summed E-state index contributed by atoms with van der Waals surface area (Å²) in [5.74, 6) is 0. The van der Waals surface area contributed by atoms with Crippen LogP contribution in [0.3, 0.4) is 0 Å². The van der Waals surface area contributed by atoms with Crippen LogP contribution >= 0.6 is 0 Å². The van der Waals surface area contributed by atoms with Gasteiger partial charge >= 0.3 is 0 Å². The molecule has 8 aromatic carbocycles. The molecular weight excluding hydrogens is 1310 g/mol. The first-order valence-corrected chi connectivity index (χ1v) is 36.7. The van der Waals surface area contributed by atoms with Gasteiger partial charge in [-0.1, -0.05) is 194 Å². The maximum Gasteiger partial charge on any atom is 0.147 e. The zero-order valence-electron chi connectivity index (χ0n) is 62.0. The van der Waals surface area contributed by atoms with Gasteiger partial charge in [0.1, 0.15) is 54.3 Å². The van der Waals surface area contributed by atoms with E-state index in [1.165, 1.54) is 0 Å². The molecule has 0 unspecified atom stereocenters. The third-order valence-corrected chi connectivity index (χ3v) is 23.7. The fourth-order valence-electron chi connectivity index (χ4n) is 17.5. The maximum atomic E-state index is 6.78. The minimum atomic E-state index is -0.607. The van der Waals surface area contributed by atoms with Crippen LogP contribution in [0.15, 0.2) is 194 Å². The average molecular weight is 1420 g/mol. The van der Waals surface area contributed by atoms with Crippen molar-refractivity contribution in [3.63, 3.8) is 0 Å². The Hall–Kier alpha value is -6.88. The van der Waals surface area contributed by atoms with Gasteiger partial charge in [0.25, 0.3) is 0 Å². The summed E-state index contributed by atoms with van der Waals surface area (Å²) in [7, 11) is 13.4. The highest BCUT2D eigenvalue weighted by Crippen LogP contribution is 2.56.